The summed E-state index contributed by atoms with van der Waals surface area (Å²) in [5, 5.41) is 3.05. The Labute approximate surface area is 163 Å². The van der Waals surface area contributed by atoms with Gasteiger partial charge in [-0.25, -0.2) is 0 Å². The first-order valence-electron chi connectivity index (χ1n) is 10.4. The van der Waals surface area contributed by atoms with Gasteiger partial charge in [0.1, 0.15) is 0 Å². The van der Waals surface area contributed by atoms with Crippen molar-refractivity contribution in [2.75, 3.05) is 37.6 Å². The van der Waals surface area contributed by atoms with Crippen LogP contribution in [0.4, 0.5) is 5.69 Å². The van der Waals surface area contributed by atoms with Crippen LogP contribution in [0.2, 0.25) is 0 Å². The number of rotatable bonds is 6. The molecule has 0 aromatic heterocycles. The first kappa shape index (κ1) is 19.9. The van der Waals surface area contributed by atoms with Gasteiger partial charge in [0.25, 0.3) is 0 Å². The maximum absolute atomic E-state index is 12.5. The van der Waals surface area contributed by atoms with Crippen molar-refractivity contribution in [3.63, 3.8) is 0 Å². The second kappa shape index (κ2) is 9.36. The minimum Gasteiger partial charge on any atom is -0.356 e. The summed E-state index contributed by atoms with van der Waals surface area (Å²) in [6, 6.07) is 6.00. The quantitative estimate of drug-likeness (QED) is 0.782. The van der Waals surface area contributed by atoms with E-state index in [2.05, 4.69) is 10.2 Å². The van der Waals surface area contributed by atoms with Gasteiger partial charge in [-0.2, -0.15) is 0 Å². The van der Waals surface area contributed by atoms with Crippen molar-refractivity contribution in [1.82, 2.24) is 10.2 Å². The lowest BCUT2D eigenvalue weighted by atomic mass is 10.1. The highest BCUT2D eigenvalue weighted by atomic mass is 16.2. The number of anilines is 1. The lowest BCUT2D eigenvalue weighted by Crippen LogP contribution is -2.35. The van der Waals surface area contributed by atoms with Crippen LogP contribution in [-0.2, 0) is 9.59 Å². The molecule has 148 valence electrons. The standard InChI is InChI=1S/C22H33N3O2/c1-17-9-7-10-20(18(17)2)25-16-19(15-21(25)26)22(27)23-11-8-14-24-12-5-3-4-6-13-24/h7,9-10,19H,3-6,8,11-16H2,1-2H3,(H,23,27). The summed E-state index contributed by atoms with van der Waals surface area (Å²) in [4.78, 5) is 29.3. The molecule has 1 N–H and O–H groups in total. The molecule has 2 heterocycles. The minimum absolute atomic E-state index is 0.0204. The molecule has 1 atom stereocenters. The molecule has 0 radical (unpaired) electrons. The zero-order valence-electron chi connectivity index (χ0n) is 16.8. The highest BCUT2D eigenvalue weighted by molar-refractivity contribution is 6.00. The maximum Gasteiger partial charge on any atom is 0.227 e. The molecule has 2 aliphatic rings. The van der Waals surface area contributed by atoms with Crippen molar-refractivity contribution in [2.24, 2.45) is 5.92 Å². The van der Waals surface area contributed by atoms with Gasteiger partial charge in [-0.3, -0.25) is 9.59 Å². The van der Waals surface area contributed by atoms with E-state index in [-0.39, 0.29) is 17.7 Å². The van der Waals surface area contributed by atoms with E-state index in [4.69, 9.17) is 0 Å². The number of benzene rings is 1. The van der Waals surface area contributed by atoms with Gasteiger partial charge >= 0.3 is 0 Å². The molecule has 2 aliphatic heterocycles. The molecule has 2 saturated heterocycles. The number of amides is 2. The molecule has 1 unspecified atom stereocenters. The first-order chi connectivity index (χ1) is 13.1. The zero-order chi connectivity index (χ0) is 19.2. The molecule has 1 aromatic rings. The van der Waals surface area contributed by atoms with Crippen LogP contribution >= 0.6 is 0 Å². The number of hydrogen-bond acceptors (Lipinski definition) is 3. The summed E-state index contributed by atoms with van der Waals surface area (Å²) in [5.41, 5.74) is 3.22. The molecule has 0 saturated carbocycles. The summed E-state index contributed by atoms with van der Waals surface area (Å²) in [6.45, 7) is 8.71. The van der Waals surface area contributed by atoms with Gasteiger partial charge in [-0.1, -0.05) is 25.0 Å². The predicted octanol–water partition coefficient (Wildman–Crippen LogP) is 3.04. The van der Waals surface area contributed by atoms with Gasteiger partial charge < -0.3 is 15.1 Å². The molecule has 0 aliphatic carbocycles. The maximum atomic E-state index is 12.5. The average Bonchev–Trinajstić information content (AvgIpc) is 2.87. The molecular formula is C22H33N3O2. The molecule has 2 amide bonds. The third-order valence-electron chi connectivity index (χ3n) is 6.01. The largest absolute Gasteiger partial charge is 0.356 e. The molecule has 27 heavy (non-hydrogen) atoms. The Morgan fingerprint density at radius 3 is 2.63 bits per heavy atom. The van der Waals surface area contributed by atoms with Crippen molar-refractivity contribution in [1.29, 1.82) is 0 Å². The zero-order valence-corrected chi connectivity index (χ0v) is 16.8. The second-order valence-corrected chi connectivity index (χ2v) is 8.02. The van der Waals surface area contributed by atoms with Crippen LogP contribution in [0.25, 0.3) is 0 Å². The van der Waals surface area contributed by atoms with E-state index < -0.39 is 0 Å². The molecular weight excluding hydrogens is 338 g/mol. The van der Waals surface area contributed by atoms with Gasteiger partial charge in [0.15, 0.2) is 0 Å². The molecule has 1 aromatic carbocycles. The summed E-state index contributed by atoms with van der Waals surface area (Å²) >= 11 is 0. The van der Waals surface area contributed by atoms with Crippen LogP contribution < -0.4 is 10.2 Å². The molecule has 5 heteroatoms. The van der Waals surface area contributed by atoms with Crippen molar-refractivity contribution in [3.8, 4) is 0 Å². The summed E-state index contributed by atoms with van der Waals surface area (Å²) in [5.74, 6) is -0.170. The van der Waals surface area contributed by atoms with Crippen LogP contribution in [0.5, 0.6) is 0 Å². The fourth-order valence-electron chi connectivity index (χ4n) is 4.16. The van der Waals surface area contributed by atoms with Gasteiger partial charge in [0.2, 0.25) is 11.8 Å². The van der Waals surface area contributed by atoms with E-state index in [1.807, 2.05) is 32.0 Å². The summed E-state index contributed by atoms with van der Waals surface area (Å²) in [6.07, 6.45) is 6.58. The van der Waals surface area contributed by atoms with Gasteiger partial charge in [-0.15, -0.1) is 0 Å². The molecule has 2 fully saturated rings. The first-order valence-corrected chi connectivity index (χ1v) is 10.4. The highest BCUT2D eigenvalue weighted by Gasteiger charge is 2.35. The summed E-state index contributed by atoms with van der Waals surface area (Å²) < 4.78 is 0. The number of carbonyl (C=O) groups excluding carboxylic acids is 2. The minimum atomic E-state index is -0.240. The number of aryl methyl sites for hydroxylation is 1. The van der Waals surface area contributed by atoms with Gasteiger partial charge in [0.05, 0.1) is 5.92 Å². The number of likely N-dealkylation sites (tertiary alicyclic amines) is 1. The van der Waals surface area contributed by atoms with Gasteiger partial charge in [-0.05, 0) is 69.9 Å². The Balaban J connectivity index is 1.45. The van der Waals surface area contributed by atoms with E-state index >= 15 is 0 Å². The third kappa shape index (κ3) is 5.10. The van der Waals surface area contributed by atoms with Crippen molar-refractivity contribution >= 4 is 17.5 Å². The van der Waals surface area contributed by atoms with Crippen molar-refractivity contribution in [2.45, 2.75) is 52.4 Å². The predicted molar refractivity (Wildman–Crippen MR) is 109 cm³/mol. The van der Waals surface area contributed by atoms with E-state index in [0.29, 0.717) is 19.5 Å². The second-order valence-electron chi connectivity index (χ2n) is 8.02. The lowest BCUT2D eigenvalue weighted by molar-refractivity contribution is -0.126. The Bertz CT molecular complexity index is 666. The Hall–Kier alpha value is -1.88. The number of carbonyl (C=O) groups is 2. The molecule has 0 bridgehead atoms. The highest BCUT2D eigenvalue weighted by Crippen LogP contribution is 2.29. The normalized spacial score (nSPS) is 21.3. The van der Waals surface area contributed by atoms with Crippen LogP contribution in [0, 0.1) is 19.8 Å². The lowest BCUT2D eigenvalue weighted by Gasteiger charge is -2.21. The topological polar surface area (TPSA) is 52.7 Å². The smallest absolute Gasteiger partial charge is 0.227 e. The molecule has 0 spiro atoms. The molecule has 3 rings (SSSR count). The van der Waals surface area contributed by atoms with Crippen LogP contribution in [-0.4, -0.2) is 49.4 Å². The van der Waals surface area contributed by atoms with Crippen molar-refractivity contribution < 1.29 is 9.59 Å². The summed E-state index contributed by atoms with van der Waals surface area (Å²) in [7, 11) is 0. The fraction of sp³-hybridized carbons (Fsp3) is 0.636. The fourth-order valence-corrected chi connectivity index (χ4v) is 4.16. The van der Waals surface area contributed by atoms with E-state index in [1.54, 1.807) is 4.90 Å². The number of nitrogens with one attached hydrogen (secondary N) is 1. The number of nitrogens with zero attached hydrogens (tertiary/aromatic N) is 2. The van der Waals surface area contributed by atoms with E-state index in [1.165, 1.54) is 44.3 Å². The Morgan fingerprint density at radius 1 is 1.15 bits per heavy atom. The average molecular weight is 372 g/mol. The Kier molecular flexibility index (Phi) is 6.89. The Morgan fingerprint density at radius 2 is 1.89 bits per heavy atom. The SMILES string of the molecule is Cc1cccc(N2CC(C(=O)NCCCN3CCCCCC3)CC2=O)c1C. The van der Waals surface area contributed by atoms with Crippen LogP contribution in [0.15, 0.2) is 18.2 Å². The van der Waals surface area contributed by atoms with Gasteiger partial charge in [0, 0.05) is 25.2 Å². The van der Waals surface area contributed by atoms with E-state index in [9.17, 15) is 9.59 Å². The van der Waals surface area contributed by atoms with E-state index in [0.717, 1.165) is 24.2 Å². The van der Waals surface area contributed by atoms with Crippen LogP contribution in [0.3, 0.4) is 0 Å². The molecule has 5 nitrogen and oxygen atoms in total. The number of hydrogen-bond donors (Lipinski definition) is 1. The third-order valence-corrected chi connectivity index (χ3v) is 6.01. The van der Waals surface area contributed by atoms with Crippen molar-refractivity contribution in [3.05, 3.63) is 29.3 Å². The van der Waals surface area contributed by atoms with Crippen LogP contribution in [0.1, 0.15) is 49.7 Å². The monoisotopic (exact) mass is 371 g/mol.